The van der Waals surface area contributed by atoms with Gasteiger partial charge < -0.3 is 25.5 Å². The highest BCUT2D eigenvalue weighted by molar-refractivity contribution is 5.89. The van der Waals surface area contributed by atoms with Gasteiger partial charge in [-0.05, 0) is 42.9 Å². The molecule has 23 heavy (non-hydrogen) atoms. The lowest BCUT2D eigenvalue weighted by atomic mass is 10.1. The van der Waals surface area contributed by atoms with Crippen LogP contribution >= 0.6 is 0 Å². The zero-order valence-corrected chi connectivity index (χ0v) is 13.3. The number of carbonyl (C=O) groups is 1. The Hall–Kier alpha value is -2.21. The SMILES string of the molecule is COc1cccc2[nH]cc(CCNC(=O)NCC(O)C3CC3)c12. The zero-order chi connectivity index (χ0) is 16.2. The molecule has 1 atom stereocenters. The number of amides is 2. The number of ether oxygens (including phenoxy) is 1. The van der Waals surface area contributed by atoms with Gasteiger partial charge in [-0.25, -0.2) is 4.79 Å². The van der Waals surface area contributed by atoms with Crippen molar-refractivity contribution in [2.75, 3.05) is 20.2 Å². The molecule has 0 radical (unpaired) electrons. The van der Waals surface area contributed by atoms with Crippen molar-refractivity contribution in [3.63, 3.8) is 0 Å². The van der Waals surface area contributed by atoms with E-state index < -0.39 is 6.10 Å². The summed E-state index contributed by atoms with van der Waals surface area (Å²) in [5, 5.41) is 16.3. The molecule has 1 fully saturated rings. The summed E-state index contributed by atoms with van der Waals surface area (Å²) in [5.41, 5.74) is 2.13. The topological polar surface area (TPSA) is 86.4 Å². The van der Waals surface area contributed by atoms with Gasteiger partial charge in [-0.3, -0.25) is 0 Å². The first-order valence-electron chi connectivity index (χ1n) is 8.01. The van der Waals surface area contributed by atoms with E-state index in [4.69, 9.17) is 4.74 Å². The fourth-order valence-electron chi connectivity index (χ4n) is 2.81. The highest BCUT2D eigenvalue weighted by Crippen LogP contribution is 2.32. The van der Waals surface area contributed by atoms with E-state index in [1.165, 1.54) is 0 Å². The molecular formula is C17H23N3O3. The molecule has 1 aromatic heterocycles. The molecule has 1 aromatic carbocycles. The second-order valence-electron chi connectivity index (χ2n) is 5.99. The van der Waals surface area contributed by atoms with Crippen molar-refractivity contribution in [3.8, 4) is 5.75 Å². The molecule has 1 aliphatic carbocycles. The molecular weight excluding hydrogens is 294 g/mol. The number of aliphatic hydroxyl groups excluding tert-OH is 1. The number of methoxy groups -OCH3 is 1. The molecule has 4 N–H and O–H groups in total. The summed E-state index contributed by atoms with van der Waals surface area (Å²) in [6.07, 6.45) is 4.36. The molecule has 2 aromatic rings. The fourth-order valence-corrected chi connectivity index (χ4v) is 2.81. The number of aliphatic hydroxyl groups is 1. The maximum Gasteiger partial charge on any atom is 0.314 e. The van der Waals surface area contributed by atoms with Crippen molar-refractivity contribution in [1.82, 2.24) is 15.6 Å². The number of aromatic nitrogens is 1. The van der Waals surface area contributed by atoms with Crippen LogP contribution in [-0.2, 0) is 6.42 Å². The molecule has 0 bridgehead atoms. The minimum atomic E-state index is -0.418. The molecule has 6 heteroatoms. The molecule has 0 spiro atoms. The Balaban J connectivity index is 1.49. The van der Waals surface area contributed by atoms with Crippen LogP contribution in [0, 0.1) is 5.92 Å². The molecule has 3 rings (SSSR count). The quantitative estimate of drug-likeness (QED) is 0.628. The number of urea groups is 1. The number of hydrogen-bond acceptors (Lipinski definition) is 3. The third-order valence-electron chi connectivity index (χ3n) is 4.29. The Morgan fingerprint density at radius 3 is 3.00 bits per heavy atom. The van der Waals surface area contributed by atoms with E-state index >= 15 is 0 Å². The van der Waals surface area contributed by atoms with Gasteiger partial charge in [-0.2, -0.15) is 0 Å². The second-order valence-corrected chi connectivity index (χ2v) is 5.99. The summed E-state index contributed by atoms with van der Waals surface area (Å²) < 4.78 is 5.40. The van der Waals surface area contributed by atoms with E-state index in [1.807, 2.05) is 24.4 Å². The highest BCUT2D eigenvalue weighted by Gasteiger charge is 2.29. The molecule has 1 aliphatic rings. The molecule has 1 saturated carbocycles. The van der Waals surface area contributed by atoms with Crippen LogP contribution in [0.25, 0.3) is 10.9 Å². The zero-order valence-electron chi connectivity index (χ0n) is 13.3. The van der Waals surface area contributed by atoms with Crippen LogP contribution in [0.4, 0.5) is 4.79 Å². The molecule has 1 unspecified atom stereocenters. The standard InChI is InChI=1S/C17H23N3O3/c1-23-15-4-2-3-13-16(15)12(9-19-13)7-8-18-17(22)20-10-14(21)11-5-6-11/h2-4,9,11,14,19,21H,5-8,10H2,1H3,(H2,18,20,22). The minimum Gasteiger partial charge on any atom is -0.496 e. The number of hydrogen-bond donors (Lipinski definition) is 4. The first-order chi connectivity index (χ1) is 11.2. The van der Waals surface area contributed by atoms with Gasteiger partial charge in [0.15, 0.2) is 0 Å². The molecule has 2 amide bonds. The molecule has 1 heterocycles. The summed E-state index contributed by atoms with van der Waals surface area (Å²) in [4.78, 5) is 15.0. The van der Waals surface area contributed by atoms with Gasteiger partial charge in [-0.1, -0.05) is 6.07 Å². The second kappa shape index (κ2) is 6.91. The molecule has 0 aliphatic heterocycles. The number of rotatable bonds is 7. The van der Waals surface area contributed by atoms with Crippen LogP contribution in [-0.4, -0.2) is 42.4 Å². The average Bonchev–Trinajstić information content (AvgIpc) is 3.34. The first-order valence-corrected chi connectivity index (χ1v) is 8.01. The largest absolute Gasteiger partial charge is 0.496 e. The Bertz CT molecular complexity index is 679. The molecule has 0 saturated heterocycles. The Morgan fingerprint density at radius 2 is 2.26 bits per heavy atom. The number of benzene rings is 1. The summed E-state index contributed by atoms with van der Waals surface area (Å²) in [7, 11) is 1.66. The molecule has 6 nitrogen and oxygen atoms in total. The number of fused-ring (bicyclic) bond motifs is 1. The third-order valence-corrected chi connectivity index (χ3v) is 4.29. The Morgan fingerprint density at radius 1 is 1.43 bits per heavy atom. The van der Waals surface area contributed by atoms with E-state index in [9.17, 15) is 9.90 Å². The summed E-state index contributed by atoms with van der Waals surface area (Å²) >= 11 is 0. The predicted octanol–water partition coefficient (Wildman–Crippen LogP) is 1.79. The lowest BCUT2D eigenvalue weighted by Gasteiger charge is -2.11. The van der Waals surface area contributed by atoms with Crippen LogP contribution in [0.3, 0.4) is 0 Å². The van der Waals surface area contributed by atoms with Gasteiger partial charge in [0.25, 0.3) is 0 Å². The van der Waals surface area contributed by atoms with E-state index in [0.29, 0.717) is 25.4 Å². The molecule has 124 valence electrons. The van der Waals surface area contributed by atoms with E-state index in [2.05, 4.69) is 15.6 Å². The van der Waals surface area contributed by atoms with E-state index in [-0.39, 0.29) is 6.03 Å². The number of H-pyrrole nitrogens is 1. The summed E-state index contributed by atoms with van der Waals surface area (Å²) in [6, 6.07) is 5.63. The number of aromatic amines is 1. The van der Waals surface area contributed by atoms with Gasteiger partial charge in [0, 0.05) is 30.2 Å². The van der Waals surface area contributed by atoms with Crippen LogP contribution in [0.5, 0.6) is 5.75 Å². The Kier molecular flexibility index (Phi) is 4.71. The maximum absolute atomic E-state index is 11.7. The third kappa shape index (κ3) is 3.76. The fraction of sp³-hybridized carbons (Fsp3) is 0.471. The van der Waals surface area contributed by atoms with Gasteiger partial charge in [0.1, 0.15) is 5.75 Å². The van der Waals surface area contributed by atoms with Gasteiger partial charge >= 0.3 is 6.03 Å². The average molecular weight is 317 g/mol. The monoisotopic (exact) mass is 317 g/mol. The van der Waals surface area contributed by atoms with Gasteiger partial charge in [0.2, 0.25) is 0 Å². The van der Waals surface area contributed by atoms with Crippen molar-refractivity contribution in [2.45, 2.75) is 25.4 Å². The Labute approximate surface area is 135 Å². The van der Waals surface area contributed by atoms with Crippen molar-refractivity contribution in [3.05, 3.63) is 30.0 Å². The van der Waals surface area contributed by atoms with Crippen molar-refractivity contribution < 1.29 is 14.6 Å². The smallest absolute Gasteiger partial charge is 0.314 e. The van der Waals surface area contributed by atoms with Crippen molar-refractivity contribution in [2.24, 2.45) is 5.92 Å². The lowest BCUT2D eigenvalue weighted by Crippen LogP contribution is -2.41. The van der Waals surface area contributed by atoms with E-state index in [0.717, 1.165) is 35.1 Å². The van der Waals surface area contributed by atoms with Crippen molar-refractivity contribution >= 4 is 16.9 Å². The van der Waals surface area contributed by atoms with Gasteiger partial charge in [-0.15, -0.1) is 0 Å². The van der Waals surface area contributed by atoms with E-state index in [1.54, 1.807) is 7.11 Å². The van der Waals surface area contributed by atoms with Crippen LogP contribution in [0.2, 0.25) is 0 Å². The lowest BCUT2D eigenvalue weighted by molar-refractivity contribution is 0.149. The van der Waals surface area contributed by atoms with Crippen molar-refractivity contribution in [1.29, 1.82) is 0 Å². The predicted molar refractivity (Wildman–Crippen MR) is 88.7 cm³/mol. The normalized spacial score (nSPS) is 15.4. The highest BCUT2D eigenvalue weighted by atomic mass is 16.5. The van der Waals surface area contributed by atoms with Crippen LogP contribution < -0.4 is 15.4 Å². The summed E-state index contributed by atoms with van der Waals surface area (Å²) in [5.74, 6) is 1.20. The minimum absolute atomic E-state index is 0.239. The number of nitrogens with one attached hydrogen (secondary N) is 3. The summed E-state index contributed by atoms with van der Waals surface area (Å²) in [6.45, 7) is 0.841. The maximum atomic E-state index is 11.7. The van der Waals surface area contributed by atoms with Crippen LogP contribution in [0.1, 0.15) is 18.4 Å². The van der Waals surface area contributed by atoms with Crippen LogP contribution in [0.15, 0.2) is 24.4 Å². The number of carbonyl (C=O) groups excluding carboxylic acids is 1. The van der Waals surface area contributed by atoms with Gasteiger partial charge in [0.05, 0.1) is 13.2 Å². The first kappa shape index (κ1) is 15.7.